The van der Waals surface area contributed by atoms with Crippen molar-refractivity contribution in [2.75, 3.05) is 7.11 Å². The van der Waals surface area contributed by atoms with E-state index in [1.807, 2.05) is 13.2 Å². The maximum Gasteiger partial charge on any atom is 0.161 e. The fourth-order valence-electron chi connectivity index (χ4n) is 6.79. The number of hydrogen-bond acceptors (Lipinski definition) is 2. The zero-order valence-corrected chi connectivity index (χ0v) is 17.2. The molecule has 0 aliphatic heterocycles. The number of hydrogen-bond donors (Lipinski definition) is 0. The summed E-state index contributed by atoms with van der Waals surface area (Å²) in [5, 5.41) is 0. The molecule has 2 saturated carbocycles. The van der Waals surface area contributed by atoms with E-state index in [-0.39, 0.29) is 10.8 Å². The fraction of sp³-hybridized carbons (Fsp3) is 0.640. The molecular formula is C25H32O2. The van der Waals surface area contributed by atoms with E-state index in [0.29, 0.717) is 23.5 Å². The van der Waals surface area contributed by atoms with Crippen LogP contribution in [0.1, 0.15) is 75.5 Å². The molecule has 1 aromatic carbocycles. The van der Waals surface area contributed by atoms with Gasteiger partial charge in [0.1, 0.15) is 5.75 Å². The molecule has 0 amide bonds. The highest BCUT2D eigenvalue weighted by Crippen LogP contribution is 2.61. The first-order chi connectivity index (χ1) is 12.9. The summed E-state index contributed by atoms with van der Waals surface area (Å²) in [6.07, 6.45) is 11.1. The molecule has 5 unspecified atom stereocenters. The van der Waals surface area contributed by atoms with Gasteiger partial charge in [0.25, 0.3) is 0 Å². The van der Waals surface area contributed by atoms with Crippen molar-refractivity contribution in [1.82, 2.24) is 0 Å². The normalized spacial score (nSPS) is 41.7. The number of ketones is 1. The van der Waals surface area contributed by atoms with Crippen molar-refractivity contribution >= 4 is 5.78 Å². The van der Waals surface area contributed by atoms with Crippen LogP contribution in [0.4, 0.5) is 0 Å². The fourth-order valence-corrected chi connectivity index (χ4v) is 6.79. The zero-order valence-electron chi connectivity index (χ0n) is 17.2. The lowest BCUT2D eigenvalue weighted by Gasteiger charge is -2.54. The van der Waals surface area contributed by atoms with Crippen LogP contribution in [-0.2, 0) is 16.6 Å². The summed E-state index contributed by atoms with van der Waals surface area (Å²) in [6, 6.07) is 4.87. The minimum atomic E-state index is -0.152. The number of carbonyl (C=O) groups is 1. The van der Waals surface area contributed by atoms with E-state index in [2.05, 4.69) is 39.0 Å². The monoisotopic (exact) mass is 364 g/mol. The molecule has 2 nitrogen and oxygen atoms in total. The van der Waals surface area contributed by atoms with Crippen molar-refractivity contribution in [3.05, 3.63) is 41.0 Å². The van der Waals surface area contributed by atoms with Crippen LogP contribution in [0.2, 0.25) is 0 Å². The van der Waals surface area contributed by atoms with E-state index < -0.39 is 0 Å². The standard InChI is InChI=1S/C25H32O2/c1-5-15-12-17(15)18-14-21-16(13-22(18)27-4)6-7-19-20-8-9-23(26)25(20,3)11-10-24(19,21)2/h8-9,13-15,17,19-20H,5-7,10-12H2,1-4H3/t15?,17-,19?,20?,24?,25?/m0/s1. The van der Waals surface area contributed by atoms with Gasteiger partial charge in [-0.05, 0) is 90.0 Å². The van der Waals surface area contributed by atoms with Gasteiger partial charge in [0.05, 0.1) is 7.11 Å². The summed E-state index contributed by atoms with van der Waals surface area (Å²) in [5.41, 5.74) is 4.52. The summed E-state index contributed by atoms with van der Waals surface area (Å²) in [6.45, 7) is 7.00. The van der Waals surface area contributed by atoms with Crippen molar-refractivity contribution in [1.29, 1.82) is 0 Å². The number of fused-ring (bicyclic) bond motifs is 5. The summed E-state index contributed by atoms with van der Waals surface area (Å²) in [5.74, 6) is 3.96. The lowest BCUT2D eigenvalue weighted by atomic mass is 9.49. The second-order valence-electron chi connectivity index (χ2n) is 9.99. The van der Waals surface area contributed by atoms with E-state index in [1.54, 1.807) is 5.56 Å². The Bertz CT molecular complexity index is 837. The molecule has 0 bridgehead atoms. The first-order valence-electron chi connectivity index (χ1n) is 10.9. The second-order valence-corrected chi connectivity index (χ2v) is 9.99. The average Bonchev–Trinajstić information content (AvgIpc) is 3.40. The Hall–Kier alpha value is -1.57. The molecule has 4 aliphatic carbocycles. The number of carbonyl (C=O) groups excluding carboxylic acids is 1. The topological polar surface area (TPSA) is 26.3 Å². The molecule has 27 heavy (non-hydrogen) atoms. The molecule has 0 N–H and O–H groups in total. The van der Waals surface area contributed by atoms with Crippen molar-refractivity contribution in [2.24, 2.45) is 23.2 Å². The van der Waals surface area contributed by atoms with Crippen LogP contribution in [-0.4, -0.2) is 12.9 Å². The lowest BCUT2D eigenvalue weighted by Crippen LogP contribution is -2.51. The van der Waals surface area contributed by atoms with Gasteiger partial charge in [-0.3, -0.25) is 4.79 Å². The Labute approximate surface area is 163 Å². The van der Waals surface area contributed by atoms with Gasteiger partial charge in [-0.15, -0.1) is 0 Å². The van der Waals surface area contributed by atoms with Gasteiger partial charge in [0.2, 0.25) is 0 Å². The van der Waals surface area contributed by atoms with Crippen LogP contribution in [0.5, 0.6) is 5.75 Å². The number of allylic oxidation sites excluding steroid dienone is 2. The van der Waals surface area contributed by atoms with Crippen molar-refractivity contribution in [3.8, 4) is 5.75 Å². The first-order valence-corrected chi connectivity index (χ1v) is 10.9. The highest BCUT2D eigenvalue weighted by atomic mass is 16.5. The Kier molecular flexibility index (Phi) is 3.71. The maximum atomic E-state index is 12.6. The summed E-state index contributed by atoms with van der Waals surface area (Å²) >= 11 is 0. The zero-order chi connectivity index (χ0) is 19.0. The SMILES string of the molecule is CCC1C[C@@H]1c1cc2c(cc1OC)CCC1C3C=CC(=O)C3(C)CCC21C. The minimum absolute atomic E-state index is 0.152. The summed E-state index contributed by atoms with van der Waals surface area (Å²) in [7, 11) is 1.82. The highest BCUT2D eigenvalue weighted by molar-refractivity contribution is 5.97. The third-order valence-corrected chi connectivity index (χ3v) is 8.81. The highest BCUT2D eigenvalue weighted by Gasteiger charge is 2.57. The van der Waals surface area contributed by atoms with Crippen LogP contribution in [0.25, 0.3) is 0 Å². The molecule has 1 aromatic rings. The van der Waals surface area contributed by atoms with E-state index >= 15 is 0 Å². The molecule has 4 aliphatic rings. The summed E-state index contributed by atoms with van der Waals surface area (Å²) < 4.78 is 5.82. The number of aryl methyl sites for hydroxylation is 1. The molecule has 6 atom stereocenters. The van der Waals surface area contributed by atoms with E-state index in [4.69, 9.17) is 4.74 Å². The first kappa shape index (κ1) is 17.5. The Morgan fingerprint density at radius 1 is 1.19 bits per heavy atom. The number of methoxy groups -OCH3 is 1. The van der Waals surface area contributed by atoms with Gasteiger partial charge in [0.15, 0.2) is 5.78 Å². The molecule has 144 valence electrons. The minimum Gasteiger partial charge on any atom is -0.496 e. The van der Waals surface area contributed by atoms with Crippen LogP contribution in [0.3, 0.4) is 0 Å². The lowest BCUT2D eigenvalue weighted by molar-refractivity contribution is -0.128. The maximum absolute atomic E-state index is 12.6. The predicted octanol–water partition coefficient (Wildman–Crippen LogP) is 5.58. The number of benzene rings is 1. The van der Waals surface area contributed by atoms with E-state index in [1.165, 1.54) is 30.4 Å². The van der Waals surface area contributed by atoms with Crippen LogP contribution >= 0.6 is 0 Å². The molecule has 0 saturated heterocycles. The van der Waals surface area contributed by atoms with Crippen molar-refractivity contribution in [3.63, 3.8) is 0 Å². The average molecular weight is 365 g/mol. The van der Waals surface area contributed by atoms with Gasteiger partial charge < -0.3 is 4.74 Å². The van der Waals surface area contributed by atoms with Crippen molar-refractivity contribution in [2.45, 2.75) is 70.6 Å². The number of ether oxygens (including phenoxy) is 1. The predicted molar refractivity (Wildman–Crippen MR) is 108 cm³/mol. The van der Waals surface area contributed by atoms with Crippen LogP contribution in [0, 0.1) is 23.2 Å². The smallest absolute Gasteiger partial charge is 0.161 e. The van der Waals surface area contributed by atoms with Crippen LogP contribution < -0.4 is 4.74 Å². The molecule has 0 heterocycles. The van der Waals surface area contributed by atoms with E-state index in [0.717, 1.165) is 30.9 Å². The molecule has 5 rings (SSSR count). The van der Waals surface area contributed by atoms with E-state index in [9.17, 15) is 4.79 Å². The van der Waals surface area contributed by atoms with Gasteiger partial charge in [0, 0.05) is 5.41 Å². The Morgan fingerprint density at radius 2 is 1.96 bits per heavy atom. The Morgan fingerprint density at radius 3 is 2.67 bits per heavy atom. The van der Waals surface area contributed by atoms with Gasteiger partial charge in [-0.25, -0.2) is 0 Å². The largest absolute Gasteiger partial charge is 0.496 e. The third kappa shape index (κ3) is 2.28. The molecular weight excluding hydrogens is 332 g/mol. The van der Waals surface area contributed by atoms with Crippen LogP contribution in [0.15, 0.2) is 24.3 Å². The molecule has 2 heteroatoms. The summed E-state index contributed by atoms with van der Waals surface area (Å²) in [4.78, 5) is 12.6. The Balaban J connectivity index is 1.59. The molecule has 2 fully saturated rings. The molecule has 0 aromatic heterocycles. The second kappa shape index (κ2) is 5.72. The van der Waals surface area contributed by atoms with Gasteiger partial charge in [-0.1, -0.05) is 39.3 Å². The van der Waals surface area contributed by atoms with Crippen molar-refractivity contribution < 1.29 is 9.53 Å². The van der Waals surface area contributed by atoms with Gasteiger partial charge >= 0.3 is 0 Å². The quantitative estimate of drug-likeness (QED) is 0.699. The van der Waals surface area contributed by atoms with Gasteiger partial charge in [-0.2, -0.15) is 0 Å². The third-order valence-electron chi connectivity index (χ3n) is 8.81. The molecule has 0 radical (unpaired) electrons. The number of rotatable bonds is 3. The molecule has 0 spiro atoms.